The molecule has 0 aliphatic carbocycles. The van der Waals surface area contributed by atoms with Gasteiger partial charge in [-0.3, -0.25) is 4.79 Å². The van der Waals surface area contributed by atoms with Crippen molar-refractivity contribution in [2.45, 2.75) is 18.7 Å². The molecule has 0 unspecified atom stereocenters. The second-order valence-electron chi connectivity index (χ2n) is 5.18. The zero-order valence-electron chi connectivity index (χ0n) is 13.0. The summed E-state index contributed by atoms with van der Waals surface area (Å²) >= 11 is 6.04. The number of amides is 1. The van der Waals surface area contributed by atoms with Crippen molar-refractivity contribution in [3.63, 3.8) is 0 Å². The predicted octanol–water partition coefficient (Wildman–Crippen LogP) is 3.12. The number of hydrogen-bond acceptors (Lipinski definition) is 3. The van der Waals surface area contributed by atoms with Crippen molar-refractivity contribution in [1.82, 2.24) is 4.72 Å². The number of carbonyl (C=O) groups is 1. The summed E-state index contributed by atoms with van der Waals surface area (Å²) in [6, 6.07) is 9.64. The van der Waals surface area contributed by atoms with Crippen LogP contribution in [0.3, 0.4) is 0 Å². The molecule has 0 heterocycles. The quantitative estimate of drug-likeness (QED) is 0.887. The molecule has 0 saturated heterocycles. The summed E-state index contributed by atoms with van der Waals surface area (Å²) in [4.78, 5) is 12.4. The number of hydrogen-bond donors (Lipinski definition) is 2. The van der Waals surface area contributed by atoms with Crippen LogP contribution in [0.15, 0.2) is 41.3 Å². The Kier molecular flexibility index (Phi) is 5.09. The molecule has 5 nitrogen and oxygen atoms in total. The molecule has 0 aliphatic heterocycles. The number of carbonyl (C=O) groups excluding carboxylic acids is 1. The predicted molar refractivity (Wildman–Crippen MR) is 91.6 cm³/mol. The van der Waals surface area contributed by atoms with E-state index < -0.39 is 15.9 Å². The summed E-state index contributed by atoms with van der Waals surface area (Å²) in [7, 11) is -2.34. The minimum atomic E-state index is -3.65. The number of benzene rings is 2. The number of halogens is 1. The van der Waals surface area contributed by atoms with Crippen LogP contribution in [0.25, 0.3) is 0 Å². The summed E-state index contributed by atoms with van der Waals surface area (Å²) in [6.45, 7) is 3.85. The monoisotopic (exact) mass is 352 g/mol. The molecule has 23 heavy (non-hydrogen) atoms. The molecule has 2 aromatic rings. The normalized spacial score (nSPS) is 11.3. The van der Waals surface area contributed by atoms with E-state index in [2.05, 4.69) is 10.0 Å². The fraction of sp³-hybridized carbons (Fsp3) is 0.188. The van der Waals surface area contributed by atoms with Crippen molar-refractivity contribution in [1.29, 1.82) is 0 Å². The van der Waals surface area contributed by atoms with Gasteiger partial charge >= 0.3 is 0 Å². The van der Waals surface area contributed by atoms with Gasteiger partial charge in [-0.15, -0.1) is 0 Å². The van der Waals surface area contributed by atoms with E-state index in [1.807, 2.05) is 32.0 Å². The smallest absolute Gasteiger partial charge is 0.257 e. The molecule has 2 N–H and O–H groups in total. The van der Waals surface area contributed by atoms with Gasteiger partial charge in [-0.25, -0.2) is 13.1 Å². The molecule has 2 aromatic carbocycles. The average Bonchev–Trinajstić information content (AvgIpc) is 2.46. The van der Waals surface area contributed by atoms with E-state index in [1.54, 1.807) is 0 Å². The molecule has 0 atom stereocenters. The summed E-state index contributed by atoms with van der Waals surface area (Å²) < 4.78 is 25.9. The van der Waals surface area contributed by atoms with Gasteiger partial charge in [0.2, 0.25) is 10.0 Å². The summed E-state index contributed by atoms with van der Waals surface area (Å²) in [5.74, 6) is -0.465. The van der Waals surface area contributed by atoms with E-state index >= 15 is 0 Å². The van der Waals surface area contributed by atoms with Gasteiger partial charge in [0, 0.05) is 5.69 Å². The lowest BCUT2D eigenvalue weighted by Crippen LogP contribution is -2.20. The van der Waals surface area contributed by atoms with Gasteiger partial charge < -0.3 is 5.32 Å². The molecule has 0 radical (unpaired) electrons. The largest absolute Gasteiger partial charge is 0.322 e. The molecular formula is C16H17ClN2O3S. The molecular weight excluding hydrogens is 336 g/mol. The van der Waals surface area contributed by atoms with Crippen LogP contribution in [0.5, 0.6) is 0 Å². The van der Waals surface area contributed by atoms with E-state index in [9.17, 15) is 13.2 Å². The van der Waals surface area contributed by atoms with Crippen LogP contribution in [-0.2, 0) is 10.0 Å². The highest BCUT2D eigenvalue weighted by Gasteiger charge is 2.17. The number of anilines is 1. The molecule has 2 rings (SSSR count). The van der Waals surface area contributed by atoms with Crippen molar-refractivity contribution >= 4 is 33.2 Å². The van der Waals surface area contributed by atoms with Gasteiger partial charge in [-0.2, -0.15) is 0 Å². The van der Waals surface area contributed by atoms with Crippen LogP contribution in [0, 0.1) is 13.8 Å². The molecule has 0 spiro atoms. The number of rotatable bonds is 4. The van der Waals surface area contributed by atoms with Crippen molar-refractivity contribution in [3.8, 4) is 0 Å². The van der Waals surface area contributed by atoms with Gasteiger partial charge in [0.1, 0.15) is 0 Å². The average molecular weight is 353 g/mol. The maximum atomic E-state index is 12.4. The highest BCUT2D eigenvalue weighted by Crippen LogP contribution is 2.22. The molecule has 0 aromatic heterocycles. The first-order valence-electron chi connectivity index (χ1n) is 6.85. The van der Waals surface area contributed by atoms with Crippen LogP contribution in [0.2, 0.25) is 5.02 Å². The third-order valence-electron chi connectivity index (χ3n) is 3.24. The van der Waals surface area contributed by atoms with Crippen LogP contribution in [0.1, 0.15) is 21.5 Å². The lowest BCUT2D eigenvalue weighted by Gasteiger charge is -2.10. The van der Waals surface area contributed by atoms with E-state index in [0.29, 0.717) is 5.69 Å². The third-order valence-corrected chi connectivity index (χ3v) is 4.98. The van der Waals surface area contributed by atoms with Gasteiger partial charge in [0.05, 0.1) is 15.5 Å². The Labute approximate surface area is 140 Å². The molecule has 7 heteroatoms. The second kappa shape index (κ2) is 6.70. The summed E-state index contributed by atoms with van der Waals surface area (Å²) in [6.07, 6.45) is 0. The standard InChI is InChI=1S/C16H17ClN2O3S/c1-10-6-11(2)8-12(7-10)19-16(20)14-9-13(4-5-15(14)17)23(21,22)18-3/h4-9,18H,1-3H3,(H,19,20). The molecule has 0 aliphatic rings. The van der Waals surface area contributed by atoms with E-state index in [4.69, 9.17) is 11.6 Å². The topological polar surface area (TPSA) is 75.3 Å². The number of aryl methyl sites for hydroxylation is 2. The fourth-order valence-corrected chi connectivity index (χ4v) is 3.17. The lowest BCUT2D eigenvalue weighted by molar-refractivity contribution is 0.102. The molecule has 0 bridgehead atoms. The van der Waals surface area contributed by atoms with Crippen molar-refractivity contribution in [2.75, 3.05) is 12.4 Å². The SMILES string of the molecule is CNS(=O)(=O)c1ccc(Cl)c(C(=O)Nc2cc(C)cc(C)c2)c1. The molecule has 1 amide bonds. The number of nitrogens with one attached hydrogen (secondary N) is 2. The van der Waals surface area contributed by atoms with Gasteiger partial charge in [-0.05, 0) is 62.4 Å². The molecule has 0 saturated carbocycles. The second-order valence-corrected chi connectivity index (χ2v) is 7.47. The van der Waals surface area contributed by atoms with E-state index in [-0.39, 0.29) is 15.5 Å². The third kappa shape index (κ3) is 4.10. The lowest BCUT2D eigenvalue weighted by atomic mass is 10.1. The van der Waals surface area contributed by atoms with E-state index in [0.717, 1.165) is 11.1 Å². The Morgan fingerprint density at radius 3 is 2.22 bits per heavy atom. The first kappa shape index (κ1) is 17.5. The first-order chi connectivity index (χ1) is 10.7. The van der Waals surface area contributed by atoms with Gasteiger partial charge in [0.25, 0.3) is 5.91 Å². The first-order valence-corrected chi connectivity index (χ1v) is 8.72. The highest BCUT2D eigenvalue weighted by atomic mass is 35.5. The van der Waals surface area contributed by atoms with Crippen LogP contribution in [0.4, 0.5) is 5.69 Å². The van der Waals surface area contributed by atoms with E-state index in [1.165, 1.54) is 25.2 Å². The highest BCUT2D eigenvalue weighted by molar-refractivity contribution is 7.89. The summed E-state index contributed by atoms with van der Waals surface area (Å²) in [5, 5.41) is 2.92. The summed E-state index contributed by atoms with van der Waals surface area (Å²) in [5.41, 5.74) is 2.75. The molecule has 122 valence electrons. The zero-order valence-corrected chi connectivity index (χ0v) is 14.5. The minimum Gasteiger partial charge on any atom is -0.322 e. The number of sulfonamides is 1. The zero-order chi connectivity index (χ0) is 17.2. The maximum absolute atomic E-state index is 12.4. The Morgan fingerprint density at radius 1 is 1.04 bits per heavy atom. The fourth-order valence-electron chi connectivity index (χ4n) is 2.21. The Hall–Kier alpha value is -1.89. The Morgan fingerprint density at radius 2 is 1.65 bits per heavy atom. The Bertz CT molecular complexity index is 843. The van der Waals surface area contributed by atoms with Crippen molar-refractivity contribution in [3.05, 3.63) is 58.1 Å². The van der Waals surface area contributed by atoms with Crippen molar-refractivity contribution in [2.24, 2.45) is 0 Å². The van der Waals surface area contributed by atoms with Gasteiger partial charge in [0.15, 0.2) is 0 Å². The van der Waals surface area contributed by atoms with Crippen LogP contribution in [-0.4, -0.2) is 21.4 Å². The molecule has 0 fully saturated rings. The van der Waals surface area contributed by atoms with Crippen LogP contribution >= 0.6 is 11.6 Å². The Balaban J connectivity index is 2.37. The van der Waals surface area contributed by atoms with Crippen molar-refractivity contribution < 1.29 is 13.2 Å². The maximum Gasteiger partial charge on any atom is 0.257 e. The van der Waals surface area contributed by atoms with Gasteiger partial charge in [-0.1, -0.05) is 17.7 Å². The minimum absolute atomic E-state index is 0.0185. The van der Waals surface area contributed by atoms with Crippen LogP contribution < -0.4 is 10.0 Å².